The Morgan fingerprint density at radius 2 is 1.48 bits per heavy atom. The van der Waals surface area contributed by atoms with Crippen molar-refractivity contribution in [2.24, 2.45) is 11.5 Å². The Morgan fingerprint density at radius 1 is 0.852 bits per heavy atom. The molecule has 0 radical (unpaired) electrons. The average Bonchev–Trinajstić information content (AvgIpc) is 2.69. The molecule has 0 atom stereocenters. The second-order valence-electron chi connectivity index (χ2n) is 6.14. The Hall–Kier alpha value is -2.83. The summed E-state index contributed by atoms with van der Waals surface area (Å²) < 4.78 is 16.9. The summed E-state index contributed by atoms with van der Waals surface area (Å²) in [7, 11) is 0. The van der Waals surface area contributed by atoms with Crippen LogP contribution < -0.4 is 26.4 Å². The molecule has 4 N–H and O–H groups in total. The van der Waals surface area contributed by atoms with Crippen molar-refractivity contribution in [1.82, 2.24) is 0 Å². The summed E-state index contributed by atoms with van der Waals surface area (Å²) in [5, 5.41) is 0.516. The fourth-order valence-corrected chi connectivity index (χ4v) is 2.68. The zero-order chi connectivity index (χ0) is 19.1. The van der Waals surface area contributed by atoms with E-state index in [4.69, 9.17) is 25.4 Å². The lowest BCUT2D eigenvalue weighted by atomic mass is 10.1. The zero-order valence-electron chi connectivity index (χ0n) is 15.1. The van der Waals surface area contributed by atoms with Crippen LogP contribution >= 0.6 is 0 Å². The SMILES string of the molecule is NCCCOc1ccc(-c2coc3cc(OCCCN)ccc3c2=O)cc1. The fourth-order valence-electron chi connectivity index (χ4n) is 2.68. The number of ether oxygens (including phenoxy) is 2. The molecule has 0 unspecified atom stereocenters. The summed E-state index contributed by atoms with van der Waals surface area (Å²) in [5.74, 6) is 1.41. The van der Waals surface area contributed by atoms with Gasteiger partial charge in [-0.25, -0.2) is 0 Å². The molecule has 0 aliphatic carbocycles. The van der Waals surface area contributed by atoms with Gasteiger partial charge in [-0.3, -0.25) is 4.79 Å². The van der Waals surface area contributed by atoms with Crippen LogP contribution in [0.2, 0.25) is 0 Å². The van der Waals surface area contributed by atoms with Gasteiger partial charge in [0, 0.05) is 6.07 Å². The van der Waals surface area contributed by atoms with E-state index < -0.39 is 0 Å². The topological polar surface area (TPSA) is 101 Å². The van der Waals surface area contributed by atoms with Crippen molar-refractivity contribution >= 4 is 11.0 Å². The molecule has 3 rings (SSSR count). The molecule has 1 aromatic heterocycles. The predicted molar refractivity (Wildman–Crippen MR) is 106 cm³/mol. The summed E-state index contributed by atoms with van der Waals surface area (Å²) in [5.41, 5.74) is 12.6. The molecule has 6 heteroatoms. The first-order chi connectivity index (χ1) is 13.2. The molecule has 2 aromatic carbocycles. The van der Waals surface area contributed by atoms with E-state index in [1.165, 1.54) is 6.26 Å². The van der Waals surface area contributed by atoms with Crippen LogP contribution in [0.5, 0.6) is 11.5 Å². The lowest BCUT2D eigenvalue weighted by Gasteiger charge is -2.08. The van der Waals surface area contributed by atoms with E-state index in [1.807, 2.05) is 24.3 Å². The van der Waals surface area contributed by atoms with Crippen molar-refractivity contribution in [3.63, 3.8) is 0 Å². The molecule has 142 valence electrons. The Bertz CT molecular complexity index is 935. The maximum atomic E-state index is 12.8. The molecule has 3 aromatic rings. The molecule has 1 heterocycles. The minimum absolute atomic E-state index is 0.0819. The number of nitrogens with two attached hydrogens (primary N) is 2. The van der Waals surface area contributed by atoms with E-state index in [0.717, 1.165) is 24.2 Å². The second kappa shape index (κ2) is 9.21. The van der Waals surface area contributed by atoms with E-state index in [-0.39, 0.29) is 5.43 Å². The van der Waals surface area contributed by atoms with Gasteiger partial charge in [-0.05, 0) is 55.8 Å². The van der Waals surface area contributed by atoms with Crippen LogP contribution in [-0.4, -0.2) is 26.3 Å². The van der Waals surface area contributed by atoms with Gasteiger partial charge < -0.3 is 25.4 Å². The first kappa shape index (κ1) is 18.9. The molecule has 0 bridgehead atoms. The third kappa shape index (κ3) is 4.67. The summed E-state index contributed by atoms with van der Waals surface area (Å²) in [6.45, 7) is 2.27. The highest BCUT2D eigenvalue weighted by molar-refractivity contribution is 5.82. The van der Waals surface area contributed by atoms with Crippen LogP contribution in [0.15, 0.2) is 57.9 Å². The van der Waals surface area contributed by atoms with Gasteiger partial charge in [-0.2, -0.15) is 0 Å². The van der Waals surface area contributed by atoms with Gasteiger partial charge in [-0.1, -0.05) is 12.1 Å². The second-order valence-corrected chi connectivity index (χ2v) is 6.14. The first-order valence-electron chi connectivity index (χ1n) is 9.04. The predicted octanol–water partition coefficient (Wildman–Crippen LogP) is 2.92. The largest absolute Gasteiger partial charge is 0.494 e. The van der Waals surface area contributed by atoms with Crippen LogP contribution in [0.3, 0.4) is 0 Å². The molecule has 0 amide bonds. The van der Waals surface area contributed by atoms with Gasteiger partial charge in [0.05, 0.1) is 24.2 Å². The highest BCUT2D eigenvalue weighted by Gasteiger charge is 2.10. The maximum Gasteiger partial charge on any atom is 0.200 e. The highest BCUT2D eigenvalue weighted by Crippen LogP contribution is 2.24. The van der Waals surface area contributed by atoms with Crippen LogP contribution in [0.4, 0.5) is 0 Å². The van der Waals surface area contributed by atoms with E-state index in [9.17, 15) is 4.79 Å². The van der Waals surface area contributed by atoms with Crippen molar-refractivity contribution in [2.45, 2.75) is 12.8 Å². The highest BCUT2D eigenvalue weighted by atomic mass is 16.5. The van der Waals surface area contributed by atoms with Gasteiger partial charge >= 0.3 is 0 Å². The van der Waals surface area contributed by atoms with Gasteiger partial charge in [-0.15, -0.1) is 0 Å². The maximum absolute atomic E-state index is 12.8. The van der Waals surface area contributed by atoms with Crippen LogP contribution in [0.1, 0.15) is 12.8 Å². The Labute approximate surface area is 157 Å². The Morgan fingerprint density at radius 3 is 2.15 bits per heavy atom. The minimum atomic E-state index is -0.0819. The lowest BCUT2D eigenvalue weighted by Crippen LogP contribution is -2.07. The number of hydrogen-bond donors (Lipinski definition) is 2. The van der Waals surface area contributed by atoms with Gasteiger partial charge in [0.2, 0.25) is 0 Å². The molecule has 27 heavy (non-hydrogen) atoms. The fraction of sp³-hybridized carbons (Fsp3) is 0.286. The smallest absolute Gasteiger partial charge is 0.200 e. The van der Waals surface area contributed by atoms with Crippen molar-refractivity contribution < 1.29 is 13.9 Å². The summed E-state index contributed by atoms with van der Waals surface area (Å²) >= 11 is 0. The molecule has 6 nitrogen and oxygen atoms in total. The van der Waals surface area contributed by atoms with E-state index in [0.29, 0.717) is 48.6 Å². The average molecular weight is 368 g/mol. The van der Waals surface area contributed by atoms with Crippen molar-refractivity contribution in [1.29, 1.82) is 0 Å². The molecule has 0 saturated heterocycles. The van der Waals surface area contributed by atoms with Gasteiger partial charge in [0.1, 0.15) is 23.3 Å². The van der Waals surface area contributed by atoms with E-state index in [2.05, 4.69) is 0 Å². The molecule has 0 spiro atoms. The standard InChI is InChI=1S/C21H24N2O4/c22-9-1-11-25-16-5-3-15(4-6-16)19-14-27-20-13-17(26-12-2-10-23)7-8-18(20)21(19)24/h3-8,13-14H,1-2,9-12,22-23H2. The summed E-state index contributed by atoms with van der Waals surface area (Å²) in [6, 6.07) is 12.6. The zero-order valence-corrected chi connectivity index (χ0v) is 15.1. The van der Waals surface area contributed by atoms with Crippen molar-refractivity contribution in [3.8, 4) is 22.6 Å². The monoisotopic (exact) mass is 368 g/mol. The van der Waals surface area contributed by atoms with E-state index >= 15 is 0 Å². The van der Waals surface area contributed by atoms with Crippen molar-refractivity contribution in [2.75, 3.05) is 26.3 Å². The van der Waals surface area contributed by atoms with Crippen LogP contribution in [0, 0.1) is 0 Å². The normalized spacial score (nSPS) is 10.9. The number of benzene rings is 2. The molecule has 0 fully saturated rings. The third-order valence-electron chi connectivity index (χ3n) is 4.15. The van der Waals surface area contributed by atoms with Gasteiger partial charge in [0.25, 0.3) is 0 Å². The summed E-state index contributed by atoms with van der Waals surface area (Å²) in [4.78, 5) is 12.8. The summed E-state index contributed by atoms with van der Waals surface area (Å²) in [6.07, 6.45) is 3.05. The quantitative estimate of drug-likeness (QED) is 0.563. The number of fused-ring (bicyclic) bond motifs is 1. The van der Waals surface area contributed by atoms with Crippen LogP contribution in [0.25, 0.3) is 22.1 Å². The van der Waals surface area contributed by atoms with Crippen LogP contribution in [-0.2, 0) is 0 Å². The molecule has 0 saturated carbocycles. The molecule has 0 aliphatic heterocycles. The van der Waals surface area contributed by atoms with Crippen molar-refractivity contribution in [3.05, 3.63) is 59.0 Å². The van der Waals surface area contributed by atoms with Gasteiger partial charge in [0.15, 0.2) is 5.43 Å². The Balaban J connectivity index is 1.82. The molecule has 0 aliphatic rings. The lowest BCUT2D eigenvalue weighted by molar-refractivity contribution is 0.313. The third-order valence-corrected chi connectivity index (χ3v) is 4.15. The molecular weight excluding hydrogens is 344 g/mol. The Kier molecular flexibility index (Phi) is 6.46. The molecular formula is C21H24N2O4. The number of hydrogen-bond acceptors (Lipinski definition) is 6. The van der Waals surface area contributed by atoms with E-state index in [1.54, 1.807) is 18.2 Å². The number of rotatable bonds is 9. The minimum Gasteiger partial charge on any atom is -0.494 e. The first-order valence-corrected chi connectivity index (χ1v) is 9.04.